The number of rotatable bonds is 7. The van der Waals surface area contributed by atoms with Crippen LogP contribution in [0.5, 0.6) is 0 Å². The minimum atomic E-state index is -5.01. The largest absolute Gasteiger partial charge is 0.507 e. The predicted octanol–water partition coefficient (Wildman–Crippen LogP) is 6.41. The summed E-state index contributed by atoms with van der Waals surface area (Å²) < 4.78 is 39.6. The highest BCUT2D eigenvalue weighted by Gasteiger charge is 2.37. The van der Waals surface area contributed by atoms with Gasteiger partial charge in [0.1, 0.15) is 5.76 Å². The molecule has 0 amide bonds. The summed E-state index contributed by atoms with van der Waals surface area (Å²) in [4.78, 5) is 11.1. The molecule has 0 aliphatic rings. The number of carbonyl (C=O) groups excluding carboxylic acids is 1. The molecule has 28 heavy (non-hydrogen) atoms. The molecule has 0 atom stereocenters. The molecule has 1 aromatic heterocycles. The summed E-state index contributed by atoms with van der Waals surface area (Å²) in [5.74, 6) is -2.77. The second-order valence-corrected chi connectivity index (χ2v) is 6.85. The number of benzene rings is 2. The van der Waals surface area contributed by atoms with Crippen molar-refractivity contribution in [3.63, 3.8) is 0 Å². The van der Waals surface area contributed by atoms with Gasteiger partial charge in [-0.05, 0) is 30.7 Å². The number of aromatic nitrogens is 1. The van der Waals surface area contributed by atoms with E-state index in [0.717, 1.165) is 47.6 Å². The Balaban J connectivity index is 2.03. The zero-order valence-corrected chi connectivity index (χ0v) is 15.6. The number of aliphatic hydroxyl groups is 1. The lowest BCUT2D eigenvalue weighted by Crippen LogP contribution is -2.20. The molecule has 0 radical (unpaired) electrons. The Morgan fingerprint density at radius 2 is 1.75 bits per heavy atom. The average Bonchev–Trinajstić information content (AvgIpc) is 2.98. The van der Waals surface area contributed by atoms with Crippen LogP contribution < -0.4 is 0 Å². The molecule has 0 saturated heterocycles. The molecule has 1 N–H and O–H groups in total. The first kappa shape index (κ1) is 20.0. The third-order valence-corrected chi connectivity index (χ3v) is 4.85. The van der Waals surface area contributed by atoms with E-state index in [1.807, 2.05) is 24.3 Å². The lowest BCUT2D eigenvalue weighted by atomic mass is 10.1. The lowest BCUT2D eigenvalue weighted by molar-refractivity contribution is -0.165. The second kappa shape index (κ2) is 8.09. The number of alkyl halides is 3. The predicted molar refractivity (Wildman–Crippen MR) is 105 cm³/mol. The summed E-state index contributed by atoms with van der Waals surface area (Å²) in [5.41, 5.74) is 2.18. The van der Waals surface area contributed by atoms with Crippen LogP contribution >= 0.6 is 0 Å². The second-order valence-electron chi connectivity index (χ2n) is 6.85. The first-order valence-corrected chi connectivity index (χ1v) is 9.36. The van der Waals surface area contributed by atoms with Gasteiger partial charge in [-0.1, -0.05) is 44.4 Å². The summed E-state index contributed by atoms with van der Waals surface area (Å²) in [6.45, 7) is 3.00. The van der Waals surface area contributed by atoms with Crippen molar-refractivity contribution < 1.29 is 23.1 Å². The zero-order chi connectivity index (χ0) is 20.3. The Morgan fingerprint density at radius 1 is 1.04 bits per heavy atom. The normalized spacial score (nSPS) is 12.8. The number of aliphatic hydroxyl groups excluding tert-OH is 1. The molecule has 3 rings (SSSR count). The highest BCUT2D eigenvalue weighted by Crippen LogP contribution is 2.31. The summed E-state index contributed by atoms with van der Waals surface area (Å²) in [7, 11) is 0. The van der Waals surface area contributed by atoms with Gasteiger partial charge in [0.2, 0.25) is 0 Å². The zero-order valence-electron chi connectivity index (χ0n) is 15.6. The van der Waals surface area contributed by atoms with Crippen molar-refractivity contribution in [2.45, 2.75) is 45.3 Å². The fourth-order valence-corrected chi connectivity index (χ4v) is 3.44. The van der Waals surface area contributed by atoms with Crippen molar-refractivity contribution in [2.24, 2.45) is 0 Å². The molecule has 0 spiro atoms. The summed E-state index contributed by atoms with van der Waals surface area (Å²) >= 11 is 0. The van der Waals surface area contributed by atoms with Gasteiger partial charge in [0.05, 0.1) is 0 Å². The van der Waals surface area contributed by atoms with Crippen molar-refractivity contribution >= 4 is 33.3 Å². The Kier molecular flexibility index (Phi) is 5.77. The standard InChI is InChI=1S/C22H22F3NO2/c1-2-3-4-7-12-26-18-9-6-5-8-16(18)17-13-15(10-11-19(17)26)20(27)14-21(28)22(23,24)25/h5-6,8-11,13-14,27H,2-4,7,12H2,1H3. The fourth-order valence-electron chi connectivity index (χ4n) is 3.44. The van der Waals surface area contributed by atoms with Crippen molar-refractivity contribution in [1.29, 1.82) is 0 Å². The van der Waals surface area contributed by atoms with Crippen LogP contribution in [0, 0.1) is 0 Å². The number of nitrogens with zero attached hydrogens (tertiary/aromatic N) is 1. The summed E-state index contributed by atoms with van der Waals surface area (Å²) in [6, 6.07) is 12.8. The number of unbranched alkanes of at least 4 members (excludes halogenated alkanes) is 3. The minimum absolute atomic E-state index is 0.180. The number of carbonyl (C=O) groups is 1. The molecule has 0 unspecified atom stereocenters. The number of aryl methyl sites for hydroxylation is 1. The van der Waals surface area contributed by atoms with Crippen LogP contribution in [0.2, 0.25) is 0 Å². The van der Waals surface area contributed by atoms with E-state index in [-0.39, 0.29) is 11.6 Å². The van der Waals surface area contributed by atoms with Crippen molar-refractivity contribution in [3.05, 3.63) is 54.1 Å². The molecule has 0 fully saturated rings. The average molecular weight is 389 g/mol. The maximum atomic E-state index is 12.5. The first-order chi connectivity index (χ1) is 13.3. The van der Waals surface area contributed by atoms with Gasteiger partial charge in [0.15, 0.2) is 0 Å². The van der Waals surface area contributed by atoms with Crippen LogP contribution in [0.3, 0.4) is 0 Å². The number of halogens is 3. The topological polar surface area (TPSA) is 42.2 Å². The summed E-state index contributed by atoms with van der Waals surface area (Å²) in [6.07, 6.45) is -0.288. The van der Waals surface area contributed by atoms with Crippen molar-refractivity contribution in [1.82, 2.24) is 4.57 Å². The van der Waals surface area contributed by atoms with Gasteiger partial charge >= 0.3 is 6.18 Å². The van der Waals surface area contributed by atoms with Gasteiger partial charge in [-0.15, -0.1) is 0 Å². The van der Waals surface area contributed by atoms with Crippen LogP contribution in [-0.2, 0) is 11.3 Å². The number of hydrogen-bond donors (Lipinski definition) is 1. The van der Waals surface area contributed by atoms with Crippen molar-refractivity contribution in [2.75, 3.05) is 0 Å². The molecule has 0 saturated carbocycles. The SMILES string of the molecule is CCCCCCn1c2ccccc2c2cc(C(O)=CC(=O)C(F)(F)F)ccc21. The van der Waals surface area contributed by atoms with E-state index in [1.165, 1.54) is 6.42 Å². The van der Waals surface area contributed by atoms with Gasteiger partial charge in [-0.2, -0.15) is 13.2 Å². The van der Waals surface area contributed by atoms with Crippen LogP contribution in [-0.4, -0.2) is 21.6 Å². The van der Waals surface area contributed by atoms with Gasteiger partial charge < -0.3 is 9.67 Å². The summed E-state index contributed by atoms with van der Waals surface area (Å²) in [5, 5.41) is 11.8. The van der Waals surface area contributed by atoms with Gasteiger partial charge in [0, 0.05) is 40.0 Å². The molecular weight excluding hydrogens is 367 g/mol. The van der Waals surface area contributed by atoms with E-state index in [4.69, 9.17) is 0 Å². The maximum Gasteiger partial charge on any atom is 0.454 e. The van der Waals surface area contributed by atoms with E-state index in [0.29, 0.717) is 0 Å². The fraction of sp³-hybridized carbons (Fsp3) is 0.318. The Morgan fingerprint density at radius 3 is 2.46 bits per heavy atom. The number of hydrogen-bond acceptors (Lipinski definition) is 2. The van der Waals surface area contributed by atoms with E-state index in [2.05, 4.69) is 11.5 Å². The van der Waals surface area contributed by atoms with Crippen LogP contribution in [0.15, 0.2) is 48.5 Å². The number of para-hydroxylation sites is 1. The number of fused-ring (bicyclic) bond motifs is 3. The van der Waals surface area contributed by atoms with Gasteiger partial charge in [-0.25, -0.2) is 0 Å². The monoisotopic (exact) mass is 389 g/mol. The lowest BCUT2D eigenvalue weighted by Gasteiger charge is -2.08. The first-order valence-electron chi connectivity index (χ1n) is 9.36. The number of allylic oxidation sites excluding steroid dienone is 1. The molecular formula is C22H22F3NO2. The molecule has 148 valence electrons. The Bertz CT molecular complexity index is 1030. The third kappa shape index (κ3) is 4.06. The van der Waals surface area contributed by atoms with Crippen LogP contribution in [0.25, 0.3) is 27.6 Å². The highest BCUT2D eigenvalue weighted by molar-refractivity contribution is 6.09. The molecule has 0 bridgehead atoms. The Labute approximate surface area is 161 Å². The van der Waals surface area contributed by atoms with E-state index < -0.39 is 17.7 Å². The molecule has 6 heteroatoms. The molecule has 0 aliphatic carbocycles. The van der Waals surface area contributed by atoms with Gasteiger partial charge in [0.25, 0.3) is 5.78 Å². The third-order valence-electron chi connectivity index (χ3n) is 4.85. The quantitative estimate of drug-likeness (QED) is 0.288. The minimum Gasteiger partial charge on any atom is -0.507 e. The van der Waals surface area contributed by atoms with Crippen LogP contribution in [0.1, 0.15) is 38.2 Å². The molecule has 3 aromatic rings. The maximum absolute atomic E-state index is 12.5. The van der Waals surface area contributed by atoms with Crippen LogP contribution in [0.4, 0.5) is 13.2 Å². The van der Waals surface area contributed by atoms with E-state index in [1.54, 1.807) is 18.2 Å². The highest BCUT2D eigenvalue weighted by atomic mass is 19.4. The van der Waals surface area contributed by atoms with Gasteiger partial charge in [-0.3, -0.25) is 4.79 Å². The molecule has 1 heterocycles. The van der Waals surface area contributed by atoms with E-state index in [9.17, 15) is 23.1 Å². The van der Waals surface area contributed by atoms with E-state index >= 15 is 0 Å². The number of ketones is 1. The smallest absolute Gasteiger partial charge is 0.454 e. The van der Waals surface area contributed by atoms with Crippen molar-refractivity contribution in [3.8, 4) is 0 Å². The molecule has 2 aromatic carbocycles. The Hall–Kier alpha value is -2.76. The molecule has 3 nitrogen and oxygen atoms in total. The molecule has 0 aliphatic heterocycles.